The van der Waals surface area contributed by atoms with Crippen LogP contribution in [0, 0.1) is 5.82 Å². The minimum Gasteiger partial charge on any atom is -0.419 e. The van der Waals surface area contributed by atoms with E-state index in [1.165, 1.54) is 23.9 Å². The summed E-state index contributed by atoms with van der Waals surface area (Å²) in [5.74, 6) is 0.539. The van der Waals surface area contributed by atoms with Gasteiger partial charge in [0.05, 0.1) is 5.25 Å². The van der Waals surface area contributed by atoms with Gasteiger partial charge in [-0.3, -0.25) is 4.40 Å². The number of hydrogen-bond donors (Lipinski definition) is 0. The Balaban J connectivity index is 1.57. The molecule has 0 bridgehead atoms. The fourth-order valence-corrected chi connectivity index (χ4v) is 3.08. The zero-order valence-electron chi connectivity index (χ0n) is 12.6. The molecule has 0 aliphatic heterocycles. The van der Waals surface area contributed by atoms with E-state index in [2.05, 4.69) is 20.4 Å². The molecule has 4 aromatic rings. The fraction of sp³-hybridized carbons (Fsp3) is 0.125. The summed E-state index contributed by atoms with van der Waals surface area (Å²) in [4.78, 5) is 0. The first kappa shape index (κ1) is 14.8. The number of benzene rings is 1. The highest BCUT2D eigenvalue weighted by molar-refractivity contribution is 7.99. The van der Waals surface area contributed by atoms with Crippen LogP contribution in [0.2, 0.25) is 0 Å². The smallest absolute Gasteiger partial charge is 0.247 e. The maximum atomic E-state index is 13.0. The van der Waals surface area contributed by atoms with E-state index in [9.17, 15) is 4.39 Å². The molecule has 0 unspecified atom stereocenters. The molecule has 0 saturated heterocycles. The first-order valence-corrected chi connectivity index (χ1v) is 8.14. The molecule has 1 aromatic carbocycles. The van der Waals surface area contributed by atoms with E-state index >= 15 is 0 Å². The molecular formula is C16H12FN5OS. The molecular weight excluding hydrogens is 329 g/mol. The highest BCUT2D eigenvalue weighted by atomic mass is 32.2. The summed E-state index contributed by atoms with van der Waals surface area (Å²) in [7, 11) is 0. The third kappa shape index (κ3) is 2.76. The summed E-state index contributed by atoms with van der Waals surface area (Å²) in [6.45, 7) is 1.95. The highest BCUT2D eigenvalue weighted by Crippen LogP contribution is 2.34. The second-order valence-corrected chi connectivity index (χ2v) is 6.43. The monoisotopic (exact) mass is 341 g/mol. The van der Waals surface area contributed by atoms with Gasteiger partial charge in [0.2, 0.25) is 11.8 Å². The molecule has 4 rings (SSSR count). The quantitative estimate of drug-likeness (QED) is 0.526. The third-order valence-corrected chi connectivity index (χ3v) is 4.49. The predicted molar refractivity (Wildman–Crippen MR) is 87.0 cm³/mol. The molecule has 0 saturated carbocycles. The van der Waals surface area contributed by atoms with Crippen molar-refractivity contribution < 1.29 is 8.81 Å². The lowest BCUT2D eigenvalue weighted by Crippen LogP contribution is -1.92. The molecule has 24 heavy (non-hydrogen) atoms. The van der Waals surface area contributed by atoms with Crippen molar-refractivity contribution in [2.24, 2.45) is 0 Å². The van der Waals surface area contributed by atoms with Gasteiger partial charge in [-0.2, -0.15) is 0 Å². The highest BCUT2D eigenvalue weighted by Gasteiger charge is 2.19. The molecule has 0 radical (unpaired) electrons. The van der Waals surface area contributed by atoms with Gasteiger partial charge in [0.1, 0.15) is 5.82 Å². The lowest BCUT2D eigenvalue weighted by molar-refractivity contribution is 0.508. The zero-order valence-corrected chi connectivity index (χ0v) is 13.4. The molecule has 0 fully saturated rings. The second-order valence-electron chi connectivity index (χ2n) is 5.12. The summed E-state index contributed by atoms with van der Waals surface area (Å²) >= 11 is 1.48. The summed E-state index contributed by atoms with van der Waals surface area (Å²) in [6, 6.07) is 11.7. The number of aromatic nitrogens is 5. The van der Waals surface area contributed by atoms with Crippen LogP contribution in [0.25, 0.3) is 17.1 Å². The van der Waals surface area contributed by atoms with Crippen molar-refractivity contribution in [2.45, 2.75) is 17.3 Å². The lowest BCUT2D eigenvalue weighted by Gasteiger charge is -2.04. The zero-order chi connectivity index (χ0) is 16.5. The van der Waals surface area contributed by atoms with Crippen LogP contribution in [-0.2, 0) is 0 Å². The van der Waals surface area contributed by atoms with Crippen LogP contribution in [0.1, 0.15) is 18.1 Å². The van der Waals surface area contributed by atoms with Crippen molar-refractivity contribution in [2.75, 3.05) is 0 Å². The SMILES string of the molecule is C[C@@H](Sc1nnc2ccccn12)c1nnc(-c2ccc(F)cc2)o1. The molecule has 0 aliphatic rings. The largest absolute Gasteiger partial charge is 0.419 e. The van der Waals surface area contributed by atoms with Gasteiger partial charge in [0.25, 0.3) is 0 Å². The van der Waals surface area contributed by atoms with Gasteiger partial charge in [0.15, 0.2) is 10.8 Å². The van der Waals surface area contributed by atoms with Crippen molar-refractivity contribution in [1.82, 2.24) is 24.8 Å². The normalized spacial score (nSPS) is 12.6. The van der Waals surface area contributed by atoms with Gasteiger partial charge >= 0.3 is 0 Å². The Labute approximate surface area is 140 Å². The van der Waals surface area contributed by atoms with E-state index in [1.807, 2.05) is 35.7 Å². The molecule has 1 atom stereocenters. The Morgan fingerprint density at radius 2 is 1.88 bits per heavy atom. The Hall–Kier alpha value is -2.74. The minimum absolute atomic E-state index is 0.0979. The van der Waals surface area contributed by atoms with Crippen molar-refractivity contribution in [3.8, 4) is 11.5 Å². The fourth-order valence-electron chi connectivity index (χ4n) is 2.22. The average molecular weight is 341 g/mol. The van der Waals surface area contributed by atoms with E-state index in [-0.39, 0.29) is 11.1 Å². The number of fused-ring (bicyclic) bond motifs is 1. The molecule has 0 amide bonds. The van der Waals surface area contributed by atoms with E-state index in [0.717, 1.165) is 10.8 Å². The van der Waals surface area contributed by atoms with Gasteiger partial charge < -0.3 is 4.42 Å². The van der Waals surface area contributed by atoms with Crippen molar-refractivity contribution in [3.05, 3.63) is 60.4 Å². The topological polar surface area (TPSA) is 69.1 Å². The maximum Gasteiger partial charge on any atom is 0.247 e. The first-order valence-electron chi connectivity index (χ1n) is 7.26. The van der Waals surface area contributed by atoms with E-state index in [4.69, 9.17) is 4.42 Å². The number of pyridine rings is 1. The third-order valence-electron chi connectivity index (χ3n) is 3.44. The predicted octanol–water partition coefficient (Wildman–Crippen LogP) is 3.77. The van der Waals surface area contributed by atoms with Gasteiger partial charge in [-0.15, -0.1) is 20.4 Å². The van der Waals surface area contributed by atoms with Crippen molar-refractivity contribution in [3.63, 3.8) is 0 Å². The number of hydrogen-bond acceptors (Lipinski definition) is 6. The lowest BCUT2D eigenvalue weighted by atomic mass is 10.2. The van der Waals surface area contributed by atoms with Crippen LogP contribution in [0.3, 0.4) is 0 Å². The molecule has 8 heteroatoms. The Bertz CT molecular complexity index is 981. The van der Waals surface area contributed by atoms with Crippen molar-refractivity contribution >= 4 is 17.4 Å². The van der Waals surface area contributed by atoms with E-state index in [1.54, 1.807) is 12.1 Å². The summed E-state index contributed by atoms with van der Waals surface area (Å²) in [6.07, 6.45) is 1.90. The Morgan fingerprint density at radius 3 is 2.71 bits per heavy atom. The van der Waals surface area contributed by atoms with Crippen LogP contribution in [0.4, 0.5) is 4.39 Å². The van der Waals surface area contributed by atoms with Gasteiger partial charge in [-0.1, -0.05) is 17.8 Å². The number of nitrogens with zero attached hydrogens (tertiary/aromatic N) is 5. The van der Waals surface area contributed by atoms with Crippen LogP contribution < -0.4 is 0 Å². The number of halogens is 1. The van der Waals surface area contributed by atoms with Gasteiger partial charge in [0, 0.05) is 11.8 Å². The molecule has 6 nitrogen and oxygen atoms in total. The van der Waals surface area contributed by atoms with E-state index < -0.39 is 0 Å². The summed E-state index contributed by atoms with van der Waals surface area (Å²) < 4.78 is 20.6. The first-order chi connectivity index (χ1) is 11.7. The summed E-state index contributed by atoms with van der Waals surface area (Å²) in [5.41, 5.74) is 1.46. The molecule has 0 spiro atoms. The summed E-state index contributed by atoms with van der Waals surface area (Å²) in [5, 5.41) is 17.1. The van der Waals surface area contributed by atoms with Gasteiger partial charge in [-0.25, -0.2) is 4.39 Å². The molecule has 3 heterocycles. The number of rotatable bonds is 4. The van der Waals surface area contributed by atoms with Crippen LogP contribution in [-0.4, -0.2) is 24.8 Å². The van der Waals surface area contributed by atoms with Gasteiger partial charge in [-0.05, 0) is 43.3 Å². The molecule has 0 aliphatic carbocycles. The molecule has 0 N–H and O–H groups in total. The van der Waals surface area contributed by atoms with Crippen LogP contribution in [0.15, 0.2) is 58.2 Å². The maximum absolute atomic E-state index is 13.0. The Kier molecular flexibility index (Phi) is 3.73. The Morgan fingerprint density at radius 1 is 1.04 bits per heavy atom. The van der Waals surface area contributed by atoms with Crippen LogP contribution in [0.5, 0.6) is 0 Å². The van der Waals surface area contributed by atoms with Crippen LogP contribution >= 0.6 is 11.8 Å². The standard InChI is InChI=1S/C16H12FN5OS/c1-10(24-16-21-18-13-4-2-3-9-22(13)16)14-19-20-15(23-14)11-5-7-12(17)8-6-11/h2-10H,1H3/t10-/m1/s1. The second kappa shape index (κ2) is 6.04. The van der Waals surface area contributed by atoms with Crippen molar-refractivity contribution in [1.29, 1.82) is 0 Å². The number of thioether (sulfide) groups is 1. The molecule has 120 valence electrons. The van der Waals surface area contributed by atoms with E-state index in [0.29, 0.717) is 17.3 Å². The average Bonchev–Trinajstić information content (AvgIpc) is 3.23. The molecule has 3 aromatic heterocycles. The minimum atomic E-state index is -0.305.